The van der Waals surface area contributed by atoms with Crippen molar-refractivity contribution in [2.24, 2.45) is 0 Å². The maximum Gasteiger partial charge on any atom is 0.152 e. The van der Waals surface area contributed by atoms with Crippen LogP contribution in [0.2, 0.25) is 0 Å². The minimum Gasteiger partial charge on any atom is -0.456 e. The molecule has 11 rings (SSSR count). The lowest BCUT2D eigenvalue weighted by molar-refractivity contribution is 0.476. The van der Waals surface area contributed by atoms with Gasteiger partial charge in [0.15, 0.2) is 11.5 Å². The molecule has 0 fully saturated rings. The van der Waals surface area contributed by atoms with Crippen LogP contribution in [0.5, 0.6) is 11.5 Å². The maximum absolute atomic E-state index is 6.55. The Morgan fingerprint density at radius 2 is 1.11 bits per heavy atom. The van der Waals surface area contributed by atoms with Crippen LogP contribution in [0.25, 0.3) is 88.1 Å². The number of aromatic nitrogens is 2. The first-order chi connectivity index (χ1) is 22.8. The van der Waals surface area contributed by atoms with Crippen LogP contribution in [-0.4, -0.2) is 9.13 Å². The van der Waals surface area contributed by atoms with E-state index in [0.29, 0.717) is 0 Å². The van der Waals surface area contributed by atoms with Crippen LogP contribution in [0.4, 0.5) is 0 Å². The minimum atomic E-state index is 0.870. The van der Waals surface area contributed by atoms with E-state index < -0.39 is 0 Å². The number of para-hydroxylation sites is 5. The van der Waals surface area contributed by atoms with Crippen molar-refractivity contribution in [3.8, 4) is 34.0 Å². The van der Waals surface area contributed by atoms with Crippen molar-refractivity contribution in [3.05, 3.63) is 146 Å². The highest BCUT2D eigenvalue weighted by Gasteiger charge is 2.25. The number of benzene rings is 7. The van der Waals surface area contributed by atoms with Crippen LogP contribution in [0.15, 0.2) is 150 Å². The summed E-state index contributed by atoms with van der Waals surface area (Å²) in [7, 11) is 0. The summed E-state index contributed by atoms with van der Waals surface area (Å²) in [6.45, 7) is 0. The summed E-state index contributed by atoms with van der Waals surface area (Å²) >= 11 is 0. The van der Waals surface area contributed by atoms with E-state index in [4.69, 9.17) is 9.15 Å². The van der Waals surface area contributed by atoms with Gasteiger partial charge in [0.1, 0.15) is 11.2 Å². The van der Waals surface area contributed by atoms with E-state index in [2.05, 4.69) is 130 Å². The molecule has 10 aromatic rings. The predicted molar refractivity (Wildman–Crippen MR) is 188 cm³/mol. The van der Waals surface area contributed by atoms with Crippen molar-refractivity contribution in [2.75, 3.05) is 0 Å². The Hall–Kier alpha value is -6.26. The monoisotopic (exact) mass is 588 g/mol. The zero-order chi connectivity index (χ0) is 29.9. The molecule has 0 saturated heterocycles. The fourth-order valence-electron chi connectivity index (χ4n) is 7.74. The minimum absolute atomic E-state index is 0.870. The van der Waals surface area contributed by atoms with Gasteiger partial charge in [0.05, 0.1) is 33.1 Å². The average Bonchev–Trinajstić information content (AvgIpc) is 3.77. The molecule has 46 heavy (non-hydrogen) atoms. The summed E-state index contributed by atoms with van der Waals surface area (Å²) in [6.07, 6.45) is 0. The second-order valence-electron chi connectivity index (χ2n) is 12.1. The van der Waals surface area contributed by atoms with Gasteiger partial charge in [-0.3, -0.25) is 0 Å². The standard InChI is InChI=1S/C42H24N2O2/c1-4-12-33-28(9-1)30-21-22-38-40(31-11-3-7-15-36(31)45-38)42(30)43(33)27-19-17-25(18-20-27)26-23-32-29-10-2-5-13-34(29)44-35-14-6-8-16-37(35)46-39(24-26)41(32)44/h1-24H. The largest absolute Gasteiger partial charge is 0.456 e. The molecule has 1 aliphatic heterocycles. The molecule has 1 aliphatic rings. The molecule has 0 unspecified atom stereocenters. The summed E-state index contributed by atoms with van der Waals surface area (Å²) in [4.78, 5) is 0. The summed E-state index contributed by atoms with van der Waals surface area (Å²) in [5, 5.41) is 7.14. The Bertz CT molecular complexity index is 2880. The van der Waals surface area contributed by atoms with Crippen LogP contribution < -0.4 is 4.74 Å². The molecule has 0 bridgehead atoms. The predicted octanol–water partition coefficient (Wildman–Crippen LogP) is 11.6. The van der Waals surface area contributed by atoms with Gasteiger partial charge < -0.3 is 18.3 Å². The lowest BCUT2D eigenvalue weighted by Crippen LogP contribution is -2.04. The van der Waals surface area contributed by atoms with Crippen molar-refractivity contribution in [3.63, 3.8) is 0 Å². The normalized spacial score (nSPS) is 12.5. The molecule has 0 saturated carbocycles. The molecule has 7 aromatic carbocycles. The van der Waals surface area contributed by atoms with Gasteiger partial charge >= 0.3 is 0 Å². The second-order valence-corrected chi connectivity index (χ2v) is 12.1. The Morgan fingerprint density at radius 1 is 0.413 bits per heavy atom. The van der Waals surface area contributed by atoms with Gasteiger partial charge in [0, 0.05) is 32.6 Å². The number of hydrogen-bond donors (Lipinski definition) is 0. The molecule has 0 aliphatic carbocycles. The van der Waals surface area contributed by atoms with Crippen molar-refractivity contribution < 1.29 is 9.15 Å². The molecule has 0 N–H and O–H groups in total. The first kappa shape index (κ1) is 24.1. The fraction of sp³-hybridized carbons (Fsp3) is 0. The van der Waals surface area contributed by atoms with Gasteiger partial charge in [-0.05, 0) is 77.9 Å². The highest BCUT2D eigenvalue weighted by Crippen LogP contribution is 2.47. The molecule has 214 valence electrons. The lowest BCUT2D eigenvalue weighted by Gasteiger charge is -2.21. The number of rotatable bonds is 2. The molecule has 4 heteroatoms. The number of ether oxygens (including phenoxy) is 1. The smallest absolute Gasteiger partial charge is 0.152 e. The second kappa shape index (κ2) is 8.68. The van der Waals surface area contributed by atoms with Crippen LogP contribution >= 0.6 is 0 Å². The first-order valence-corrected chi connectivity index (χ1v) is 15.6. The number of fused-ring (bicyclic) bond motifs is 12. The van der Waals surface area contributed by atoms with Gasteiger partial charge in [0.2, 0.25) is 0 Å². The van der Waals surface area contributed by atoms with Crippen molar-refractivity contribution in [1.82, 2.24) is 9.13 Å². The zero-order valence-electron chi connectivity index (χ0n) is 24.6. The summed E-state index contributed by atoms with van der Waals surface area (Å²) in [5.41, 5.74) is 10.9. The molecule has 4 heterocycles. The zero-order valence-corrected chi connectivity index (χ0v) is 24.6. The van der Waals surface area contributed by atoms with Gasteiger partial charge in [0.25, 0.3) is 0 Å². The van der Waals surface area contributed by atoms with Crippen LogP contribution in [0, 0.1) is 0 Å². The molecule has 0 spiro atoms. The van der Waals surface area contributed by atoms with E-state index in [0.717, 1.165) is 61.5 Å². The van der Waals surface area contributed by atoms with E-state index in [1.165, 1.54) is 38.1 Å². The fourth-order valence-corrected chi connectivity index (χ4v) is 7.74. The Labute approximate surface area is 262 Å². The molecule has 0 atom stereocenters. The summed E-state index contributed by atoms with van der Waals surface area (Å²) in [6, 6.07) is 51.6. The van der Waals surface area contributed by atoms with Crippen molar-refractivity contribution in [1.29, 1.82) is 0 Å². The third-order valence-electron chi connectivity index (χ3n) is 9.69. The Morgan fingerprint density at radius 3 is 1.96 bits per heavy atom. The average molecular weight is 589 g/mol. The molecule has 0 amide bonds. The SMILES string of the molecule is c1ccc2c(c1)Oc1cc(-c3ccc(-n4c5ccccc5c5ccc6oc7ccccc7c6c54)cc3)cc3c4ccccc4n-2c13. The Kier molecular flexibility index (Phi) is 4.55. The molecular formula is C42H24N2O2. The number of nitrogens with zero attached hydrogens (tertiary/aromatic N) is 2. The first-order valence-electron chi connectivity index (χ1n) is 15.6. The van der Waals surface area contributed by atoms with E-state index >= 15 is 0 Å². The maximum atomic E-state index is 6.55. The molecule has 0 radical (unpaired) electrons. The third kappa shape index (κ3) is 3.07. The quantitative estimate of drug-likeness (QED) is 0.201. The van der Waals surface area contributed by atoms with E-state index in [1.807, 2.05) is 24.3 Å². The van der Waals surface area contributed by atoms with Crippen LogP contribution in [-0.2, 0) is 0 Å². The third-order valence-corrected chi connectivity index (χ3v) is 9.69. The number of furan rings is 1. The van der Waals surface area contributed by atoms with Gasteiger partial charge in [-0.25, -0.2) is 0 Å². The molecule has 3 aromatic heterocycles. The van der Waals surface area contributed by atoms with Gasteiger partial charge in [-0.15, -0.1) is 0 Å². The summed E-state index contributed by atoms with van der Waals surface area (Å²) in [5.74, 6) is 1.75. The van der Waals surface area contributed by atoms with E-state index in [-0.39, 0.29) is 0 Å². The lowest BCUT2D eigenvalue weighted by atomic mass is 10.0. The highest BCUT2D eigenvalue weighted by molar-refractivity contribution is 6.24. The van der Waals surface area contributed by atoms with Gasteiger partial charge in [-0.1, -0.05) is 78.9 Å². The van der Waals surface area contributed by atoms with E-state index in [1.54, 1.807) is 0 Å². The van der Waals surface area contributed by atoms with Crippen molar-refractivity contribution >= 4 is 65.6 Å². The van der Waals surface area contributed by atoms with E-state index in [9.17, 15) is 0 Å². The summed E-state index contributed by atoms with van der Waals surface area (Å²) < 4.78 is 17.6. The van der Waals surface area contributed by atoms with Crippen molar-refractivity contribution in [2.45, 2.75) is 0 Å². The van der Waals surface area contributed by atoms with Gasteiger partial charge in [-0.2, -0.15) is 0 Å². The topological polar surface area (TPSA) is 32.2 Å². The number of hydrogen-bond acceptors (Lipinski definition) is 2. The molecular weight excluding hydrogens is 564 g/mol. The van der Waals surface area contributed by atoms with Crippen LogP contribution in [0.1, 0.15) is 0 Å². The van der Waals surface area contributed by atoms with Crippen LogP contribution in [0.3, 0.4) is 0 Å². The Balaban J connectivity index is 1.14. The molecule has 4 nitrogen and oxygen atoms in total. The highest BCUT2D eigenvalue weighted by atomic mass is 16.5.